The number of nitrogens with zero attached hydrogens (tertiary/aromatic N) is 2. The predicted molar refractivity (Wildman–Crippen MR) is 93.1 cm³/mol. The third-order valence-corrected chi connectivity index (χ3v) is 4.32. The van der Waals surface area contributed by atoms with Gasteiger partial charge >= 0.3 is 0 Å². The molecule has 7 nitrogen and oxygen atoms in total. The summed E-state index contributed by atoms with van der Waals surface area (Å²) in [5, 5.41) is 9.61. The Labute approximate surface area is 146 Å². The monoisotopic (exact) mass is 355 g/mol. The van der Waals surface area contributed by atoms with E-state index in [0.29, 0.717) is 27.9 Å². The van der Waals surface area contributed by atoms with Crippen LogP contribution in [0.25, 0.3) is 22.4 Å². The van der Waals surface area contributed by atoms with Crippen LogP contribution < -0.4 is 10.1 Å². The van der Waals surface area contributed by atoms with Crippen LogP contribution in [0.4, 0.5) is 5.13 Å². The molecule has 3 aromatic heterocycles. The Kier molecular flexibility index (Phi) is 3.73. The Morgan fingerprint density at radius 2 is 2.16 bits per heavy atom. The van der Waals surface area contributed by atoms with Crippen molar-refractivity contribution < 1.29 is 18.5 Å². The summed E-state index contributed by atoms with van der Waals surface area (Å²) in [6.07, 6.45) is 0. The minimum absolute atomic E-state index is 0.213. The summed E-state index contributed by atoms with van der Waals surface area (Å²) >= 11 is 1.31. The van der Waals surface area contributed by atoms with Gasteiger partial charge in [-0.25, -0.2) is 4.98 Å². The van der Waals surface area contributed by atoms with Gasteiger partial charge in [-0.2, -0.15) is 0 Å². The number of methoxy groups -OCH3 is 1. The summed E-state index contributed by atoms with van der Waals surface area (Å²) in [6, 6.07) is 9.07. The number of thiazole rings is 1. The molecule has 8 heteroatoms. The molecule has 126 valence electrons. The van der Waals surface area contributed by atoms with Gasteiger partial charge in [0.05, 0.1) is 7.11 Å². The van der Waals surface area contributed by atoms with E-state index in [1.54, 1.807) is 20.1 Å². The molecule has 0 radical (unpaired) electrons. The third kappa shape index (κ3) is 2.99. The maximum Gasteiger partial charge on any atom is 0.279 e. The summed E-state index contributed by atoms with van der Waals surface area (Å²) < 4.78 is 15.9. The van der Waals surface area contributed by atoms with Gasteiger partial charge in [-0.15, -0.1) is 11.3 Å². The summed E-state index contributed by atoms with van der Waals surface area (Å²) in [6.45, 7) is 1.72. The van der Waals surface area contributed by atoms with Gasteiger partial charge in [-0.3, -0.25) is 10.1 Å². The van der Waals surface area contributed by atoms with Crippen LogP contribution in [0.2, 0.25) is 0 Å². The molecular weight excluding hydrogens is 342 g/mol. The van der Waals surface area contributed by atoms with Gasteiger partial charge in [0, 0.05) is 22.9 Å². The second-order valence-electron chi connectivity index (χ2n) is 5.33. The number of anilines is 1. The molecule has 0 unspecified atom stereocenters. The Morgan fingerprint density at radius 3 is 2.92 bits per heavy atom. The molecule has 4 rings (SSSR count). The number of furan rings is 1. The van der Waals surface area contributed by atoms with Crippen LogP contribution >= 0.6 is 11.3 Å². The molecule has 0 aliphatic heterocycles. The zero-order chi connectivity index (χ0) is 17.4. The largest absolute Gasteiger partial charge is 0.497 e. The van der Waals surface area contributed by atoms with Crippen molar-refractivity contribution in [2.24, 2.45) is 0 Å². The molecule has 1 N–H and O–H groups in total. The van der Waals surface area contributed by atoms with Gasteiger partial charge in [0.2, 0.25) is 0 Å². The summed E-state index contributed by atoms with van der Waals surface area (Å²) in [5.41, 5.74) is 1.57. The van der Waals surface area contributed by atoms with Gasteiger partial charge in [-0.1, -0.05) is 5.16 Å². The quantitative estimate of drug-likeness (QED) is 0.592. The lowest BCUT2D eigenvalue weighted by Gasteiger charge is -1.96. The fourth-order valence-electron chi connectivity index (χ4n) is 2.34. The predicted octanol–water partition coefficient (Wildman–Crippen LogP) is 4.11. The van der Waals surface area contributed by atoms with Crippen LogP contribution in [0.5, 0.6) is 5.75 Å². The Balaban J connectivity index is 1.57. The highest BCUT2D eigenvalue weighted by Gasteiger charge is 2.15. The number of hydrogen-bond acceptors (Lipinski definition) is 7. The number of rotatable bonds is 4. The lowest BCUT2D eigenvalue weighted by Crippen LogP contribution is -2.11. The first kappa shape index (κ1) is 15.4. The van der Waals surface area contributed by atoms with Crippen LogP contribution in [0.1, 0.15) is 16.2 Å². The molecule has 0 saturated heterocycles. The van der Waals surface area contributed by atoms with E-state index in [0.717, 1.165) is 11.1 Å². The first-order valence-corrected chi connectivity index (χ1v) is 8.28. The van der Waals surface area contributed by atoms with Gasteiger partial charge in [0.15, 0.2) is 16.6 Å². The number of hydrogen-bond donors (Lipinski definition) is 1. The van der Waals surface area contributed by atoms with E-state index < -0.39 is 0 Å². The molecule has 0 atom stereocenters. The van der Waals surface area contributed by atoms with Crippen molar-refractivity contribution in [3.05, 3.63) is 47.2 Å². The molecule has 0 aliphatic carbocycles. The van der Waals surface area contributed by atoms with Crippen LogP contribution in [-0.4, -0.2) is 23.2 Å². The molecule has 4 aromatic rings. The Morgan fingerprint density at radius 1 is 1.28 bits per heavy atom. The number of ether oxygens (including phenoxy) is 1. The zero-order valence-electron chi connectivity index (χ0n) is 13.4. The SMILES string of the molecule is COc1ccc2cc(-c3csc(NC(=O)c4cc(C)on4)n3)oc2c1. The first-order chi connectivity index (χ1) is 12.1. The topological polar surface area (TPSA) is 90.4 Å². The number of carbonyl (C=O) groups is 1. The van der Waals surface area contributed by atoms with Crippen molar-refractivity contribution in [3.63, 3.8) is 0 Å². The van der Waals surface area contributed by atoms with Crippen LogP contribution in [0.3, 0.4) is 0 Å². The average molecular weight is 355 g/mol. The van der Waals surface area contributed by atoms with E-state index in [1.165, 1.54) is 11.3 Å². The highest BCUT2D eigenvalue weighted by Crippen LogP contribution is 2.32. The molecule has 1 amide bonds. The van der Waals surface area contributed by atoms with Crippen molar-refractivity contribution in [1.29, 1.82) is 0 Å². The standard InChI is InChI=1S/C17H13N3O4S/c1-9-5-12(20-24-9)16(21)19-17-18-13(8-25-17)15-6-10-3-4-11(22-2)7-14(10)23-15/h3-8H,1-2H3,(H,18,19,21). The highest BCUT2D eigenvalue weighted by molar-refractivity contribution is 7.14. The third-order valence-electron chi connectivity index (χ3n) is 3.56. The van der Waals surface area contributed by atoms with Crippen molar-refractivity contribution in [2.45, 2.75) is 6.92 Å². The number of nitrogens with one attached hydrogen (secondary N) is 1. The first-order valence-electron chi connectivity index (χ1n) is 7.40. The maximum absolute atomic E-state index is 12.1. The molecular formula is C17H13N3O4S. The zero-order valence-corrected chi connectivity index (χ0v) is 14.2. The molecule has 0 saturated carbocycles. The number of benzene rings is 1. The summed E-state index contributed by atoms with van der Waals surface area (Å²) in [4.78, 5) is 16.5. The lowest BCUT2D eigenvalue weighted by molar-refractivity contribution is 0.101. The van der Waals surface area contributed by atoms with Gasteiger partial charge in [0.1, 0.15) is 22.8 Å². The number of aromatic nitrogens is 2. The molecule has 1 aromatic carbocycles. The average Bonchev–Trinajstić information content (AvgIpc) is 3.32. The van der Waals surface area contributed by atoms with E-state index in [9.17, 15) is 4.79 Å². The van der Waals surface area contributed by atoms with Gasteiger partial charge in [0.25, 0.3) is 5.91 Å². The van der Waals surface area contributed by atoms with Crippen molar-refractivity contribution in [3.8, 4) is 17.2 Å². The minimum Gasteiger partial charge on any atom is -0.497 e. The molecule has 25 heavy (non-hydrogen) atoms. The number of amides is 1. The molecule has 0 spiro atoms. The summed E-state index contributed by atoms with van der Waals surface area (Å²) in [5.74, 6) is 1.55. The normalized spacial score (nSPS) is 11.0. The van der Waals surface area contributed by atoms with Crippen LogP contribution in [0.15, 0.2) is 44.7 Å². The van der Waals surface area contributed by atoms with E-state index in [4.69, 9.17) is 13.7 Å². The molecule has 0 aliphatic rings. The van der Waals surface area contributed by atoms with Crippen LogP contribution in [-0.2, 0) is 0 Å². The fourth-order valence-corrected chi connectivity index (χ4v) is 3.04. The highest BCUT2D eigenvalue weighted by atomic mass is 32.1. The lowest BCUT2D eigenvalue weighted by atomic mass is 10.2. The number of aryl methyl sites for hydroxylation is 1. The molecule has 0 fully saturated rings. The van der Waals surface area contributed by atoms with E-state index >= 15 is 0 Å². The second-order valence-corrected chi connectivity index (χ2v) is 6.19. The van der Waals surface area contributed by atoms with E-state index in [2.05, 4.69) is 15.5 Å². The second kappa shape index (κ2) is 6.06. The van der Waals surface area contributed by atoms with E-state index in [1.807, 2.05) is 29.6 Å². The fraction of sp³-hybridized carbons (Fsp3) is 0.118. The van der Waals surface area contributed by atoms with Crippen LogP contribution in [0, 0.1) is 6.92 Å². The summed E-state index contributed by atoms with van der Waals surface area (Å²) in [7, 11) is 1.61. The van der Waals surface area contributed by atoms with Crippen molar-refractivity contribution in [1.82, 2.24) is 10.1 Å². The number of carbonyl (C=O) groups excluding carboxylic acids is 1. The maximum atomic E-state index is 12.1. The Bertz CT molecular complexity index is 1060. The number of fused-ring (bicyclic) bond motifs is 1. The van der Waals surface area contributed by atoms with Gasteiger partial charge < -0.3 is 13.7 Å². The minimum atomic E-state index is -0.368. The van der Waals surface area contributed by atoms with Crippen molar-refractivity contribution >= 4 is 33.3 Å². The smallest absolute Gasteiger partial charge is 0.279 e. The molecule has 0 bridgehead atoms. The van der Waals surface area contributed by atoms with Gasteiger partial charge in [-0.05, 0) is 25.1 Å². The van der Waals surface area contributed by atoms with E-state index in [-0.39, 0.29) is 11.6 Å². The van der Waals surface area contributed by atoms with Crippen molar-refractivity contribution in [2.75, 3.05) is 12.4 Å². The molecule has 3 heterocycles. The Hall–Kier alpha value is -3.13.